The summed E-state index contributed by atoms with van der Waals surface area (Å²) >= 11 is 3.27. The molecule has 1 fully saturated rings. The molecule has 6 heteroatoms. The molecule has 1 amide bonds. The highest BCUT2D eigenvalue weighted by Crippen LogP contribution is 2.30. The number of nitrogens with one attached hydrogen (secondary N) is 1. The van der Waals surface area contributed by atoms with Crippen molar-refractivity contribution in [2.24, 2.45) is 0 Å². The summed E-state index contributed by atoms with van der Waals surface area (Å²) in [5, 5.41) is 12.0. The summed E-state index contributed by atoms with van der Waals surface area (Å²) in [5.74, 6) is -0.984. The number of carbonyl (C=O) groups excluding carboxylic acids is 1. The Bertz CT molecular complexity index is 544. The first kappa shape index (κ1) is 14.8. The van der Waals surface area contributed by atoms with Crippen molar-refractivity contribution in [1.29, 1.82) is 0 Å². The number of aryl methyl sites for hydroxylation is 1. The molecule has 1 saturated heterocycles. The Kier molecular flexibility index (Phi) is 4.65. The van der Waals surface area contributed by atoms with Crippen LogP contribution in [0.4, 0.5) is 0 Å². The fourth-order valence-corrected chi connectivity index (χ4v) is 2.78. The SMILES string of the molecule is Cc1cc(Br)cc(C(=O)O)c1OC1CCCCNC1=O. The van der Waals surface area contributed by atoms with Crippen LogP contribution in [-0.4, -0.2) is 29.6 Å². The first-order chi connectivity index (χ1) is 9.49. The van der Waals surface area contributed by atoms with E-state index in [1.165, 1.54) is 6.07 Å². The van der Waals surface area contributed by atoms with Crippen LogP contribution in [0, 0.1) is 6.92 Å². The molecule has 0 spiro atoms. The normalized spacial score (nSPS) is 19.1. The van der Waals surface area contributed by atoms with Gasteiger partial charge in [-0.2, -0.15) is 0 Å². The molecule has 20 heavy (non-hydrogen) atoms. The molecule has 0 radical (unpaired) electrons. The summed E-state index contributed by atoms with van der Waals surface area (Å²) in [7, 11) is 0. The molecule has 0 bridgehead atoms. The summed E-state index contributed by atoms with van der Waals surface area (Å²) in [4.78, 5) is 23.2. The van der Waals surface area contributed by atoms with Gasteiger partial charge in [0.05, 0.1) is 0 Å². The summed E-state index contributed by atoms with van der Waals surface area (Å²) in [5.41, 5.74) is 0.753. The van der Waals surface area contributed by atoms with Crippen LogP contribution in [0.3, 0.4) is 0 Å². The van der Waals surface area contributed by atoms with Crippen LogP contribution in [0.1, 0.15) is 35.2 Å². The van der Waals surface area contributed by atoms with Crippen LogP contribution in [0.25, 0.3) is 0 Å². The lowest BCUT2D eigenvalue weighted by Crippen LogP contribution is -2.37. The average molecular weight is 342 g/mol. The lowest BCUT2D eigenvalue weighted by molar-refractivity contribution is -0.127. The van der Waals surface area contributed by atoms with Crippen molar-refractivity contribution in [2.75, 3.05) is 6.54 Å². The van der Waals surface area contributed by atoms with Gasteiger partial charge in [-0.25, -0.2) is 4.79 Å². The van der Waals surface area contributed by atoms with Gasteiger partial charge in [0.25, 0.3) is 5.91 Å². The van der Waals surface area contributed by atoms with E-state index in [1.54, 1.807) is 13.0 Å². The number of carboxylic acids is 1. The number of aromatic carboxylic acids is 1. The molecule has 5 nitrogen and oxygen atoms in total. The van der Waals surface area contributed by atoms with Crippen molar-refractivity contribution in [3.8, 4) is 5.75 Å². The van der Waals surface area contributed by atoms with Gasteiger partial charge in [-0.3, -0.25) is 4.79 Å². The van der Waals surface area contributed by atoms with Crippen molar-refractivity contribution in [3.05, 3.63) is 27.7 Å². The predicted octanol–water partition coefficient (Wildman–Crippen LogP) is 2.50. The second kappa shape index (κ2) is 6.26. The minimum Gasteiger partial charge on any atom is -0.479 e. The first-order valence-electron chi connectivity index (χ1n) is 6.47. The number of hydrogen-bond donors (Lipinski definition) is 2. The summed E-state index contributed by atoms with van der Waals surface area (Å²) < 4.78 is 6.38. The Hall–Kier alpha value is -1.56. The molecule has 1 aromatic rings. The van der Waals surface area contributed by atoms with Crippen LogP contribution < -0.4 is 10.1 Å². The van der Waals surface area contributed by atoms with Gasteiger partial charge in [0.2, 0.25) is 0 Å². The zero-order chi connectivity index (χ0) is 14.7. The molecular formula is C14H16BrNO4. The molecule has 0 aromatic heterocycles. The lowest BCUT2D eigenvalue weighted by atomic mass is 10.1. The van der Waals surface area contributed by atoms with Crippen molar-refractivity contribution in [2.45, 2.75) is 32.3 Å². The number of rotatable bonds is 3. The summed E-state index contributed by atoms with van der Waals surface area (Å²) in [6.07, 6.45) is 1.76. The van der Waals surface area contributed by atoms with Crippen LogP contribution >= 0.6 is 15.9 Å². The second-order valence-corrected chi connectivity index (χ2v) is 5.71. The molecular weight excluding hydrogens is 326 g/mol. The molecule has 0 saturated carbocycles. The Labute approximate surface area is 125 Å². The fourth-order valence-electron chi connectivity index (χ4n) is 2.21. The second-order valence-electron chi connectivity index (χ2n) is 4.80. The van der Waals surface area contributed by atoms with Gasteiger partial charge in [-0.15, -0.1) is 0 Å². The number of carbonyl (C=O) groups is 2. The molecule has 108 valence electrons. The van der Waals surface area contributed by atoms with Gasteiger partial charge in [0.15, 0.2) is 6.10 Å². The number of ether oxygens (including phenoxy) is 1. The largest absolute Gasteiger partial charge is 0.479 e. The van der Waals surface area contributed by atoms with E-state index in [4.69, 9.17) is 4.74 Å². The maximum atomic E-state index is 11.9. The monoisotopic (exact) mass is 341 g/mol. The van der Waals surface area contributed by atoms with Crippen LogP contribution in [0.2, 0.25) is 0 Å². The molecule has 1 aliphatic heterocycles. The molecule has 0 aliphatic carbocycles. The Morgan fingerprint density at radius 1 is 1.45 bits per heavy atom. The van der Waals surface area contributed by atoms with Gasteiger partial charge in [0, 0.05) is 11.0 Å². The molecule has 1 aliphatic rings. The van der Waals surface area contributed by atoms with Gasteiger partial charge in [0.1, 0.15) is 11.3 Å². The number of amides is 1. The fraction of sp³-hybridized carbons (Fsp3) is 0.429. The third-order valence-corrected chi connectivity index (χ3v) is 3.67. The van der Waals surface area contributed by atoms with Gasteiger partial charge < -0.3 is 15.2 Å². The molecule has 2 N–H and O–H groups in total. The predicted molar refractivity (Wildman–Crippen MR) is 77.1 cm³/mol. The van der Waals surface area contributed by atoms with E-state index in [0.717, 1.165) is 12.8 Å². The zero-order valence-electron chi connectivity index (χ0n) is 11.1. The smallest absolute Gasteiger partial charge is 0.339 e. The molecule has 1 atom stereocenters. The van der Waals surface area contributed by atoms with Gasteiger partial charge >= 0.3 is 5.97 Å². The van der Waals surface area contributed by atoms with Gasteiger partial charge in [-0.05, 0) is 43.9 Å². The van der Waals surface area contributed by atoms with Gasteiger partial charge in [-0.1, -0.05) is 15.9 Å². The van der Waals surface area contributed by atoms with E-state index in [9.17, 15) is 14.7 Å². The minimum atomic E-state index is -1.07. The maximum Gasteiger partial charge on any atom is 0.339 e. The third-order valence-electron chi connectivity index (χ3n) is 3.21. The average Bonchev–Trinajstić information content (AvgIpc) is 2.57. The first-order valence-corrected chi connectivity index (χ1v) is 7.26. The minimum absolute atomic E-state index is 0.0638. The zero-order valence-corrected chi connectivity index (χ0v) is 12.7. The topological polar surface area (TPSA) is 75.6 Å². The van der Waals surface area contributed by atoms with Crippen molar-refractivity contribution in [1.82, 2.24) is 5.32 Å². The van der Waals surface area contributed by atoms with Crippen LogP contribution in [-0.2, 0) is 4.79 Å². The van der Waals surface area contributed by atoms with Crippen molar-refractivity contribution in [3.63, 3.8) is 0 Å². The number of halogens is 1. The third kappa shape index (κ3) is 3.30. The Balaban J connectivity index is 2.32. The molecule has 1 aromatic carbocycles. The standard InChI is InChI=1S/C14H16BrNO4/c1-8-6-9(15)7-10(14(18)19)12(8)20-11-4-2-3-5-16-13(11)17/h6-7,11H,2-5H2,1H3,(H,16,17)(H,18,19). The quantitative estimate of drug-likeness (QED) is 0.885. The number of hydrogen-bond acceptors (Lipinski definition) is 3. The lowest BCUT2D eigenvalue weighted by Gasteiger charge is -2.19. The maximum absolute atomic E-state index is 11.9. The molecule has 1 unspecified atom stereocenters. The number of carboxylic acid groups (broad SMARTS) is 1. The van der Waals surface area contributed by atoms with Crippen LogP contribution in [0.15, 0.2) is 16.6 Å². The molecule has 1 heterocycles. The van der Waals surface area contributed by atoms with E-state index in [1.807, 2.05) is 0 Å². The molecule has 2 rings (SSSR count). The van der Waals surface area contributed by atoms with Crippen LogP contribution in [0.5, 0.6) is 5.75 Å². The van der Waals surface area contributed by atoms with Crippen molar-refractivity contribution < 1.29 is 19.4 Å². The van der Waals surface area contributed by atoms with E-state index >= 15 is 0 Å². The van der Waals surface area contributed by atoms with E-state index in [-0.39, 0.29) is 17.2 Å². The Morgan fingerprint density at radius 2 is 2.20 bits per heavy atom. The highest BCUT2D eigenvalue weighted by atomic mass is 79.9. The van der Waals surface area contributed by atoms with E-state index in [0.29, 0.717) is 23.0 Å². The highest BCUT2D eigenvalue weighted by Gasteiger charge is 2.25. The van der Waals surface area contributed by atoms with E-state index in [2.05, 4.69) is 21.2 Å². The number of benzene rings is 1. The van der Waals surface area contributed by atoms with Crippen molar-refractivity contribution >= 4 is 27.8 Å². The Morgan fingerprint density at radius 3 is 2.90 bits per heavy atom. The van der Waals surface area contributed by atoms with E-state index < -0.39 is 12.1 Å². The summed E-state index contributed by atoms with van der Waals surface area (Å²) in [6, 6.07) is 3.26. The summed E-state index contributed by atoms with van der Waals surface area (Å²) in [6.45, 7) is 2.41. The highest BCUT2D eigenvalue weighted by molar-refractivity contribution is 9.10.